The second-order valence-electron chi connectivity index (χ2n) is 5.11. The normalized spacial score (nSPS) is 29.5. The molecule has 2 aliphatic rings. The van der Waals surface area contributed by atoms with E-state index in [1.54, 1.807) is 0 Å². The molecule has 1 saturated heterocycles. The second kappa shape index (κ2) is 6.21. The van der Waals surface area contributed by atoms with Gasteiger partial charge < -0.3 is 20.6 Å². The number of carbonyl (C=O) groups excluding carboxylic acids is 1. The molecule has 0 radical (unpaired) electrons. The van der Waals surface area contributed by atoms with Crippen molar-refractivity contribution in [1.82, 2.24) is 15.5 Å². The van der Waals surface area contributed by atoms with Gasteiger partial charge in [-0.15, -0.1) is 0 Å². The Kier molecular flexibility index (Phi) is 4.62. The summed E-state index contributed by atoms with van der Waals surface area (Å²) in [6.07, 6.45) is 4.15. The molecule has 0 bridgehead atoms. The van der Waals surface area contributed by atoms with Crippen molar-refractivity contribution in [3.8, 4) is 0 Å². The molecule has 1 saturated carbocycles. The van der Waals surface area contributed by atoms with Crippen LogP contribution in [0.1, 0.15) is 25.7 Å². The second-order valence-corrected chi connectivity index (χ2v) is 5.11. The van der Waals surface area contributed by atoms with Gasteiger partial charge in [0.15, 0.2) is 0 Å². The summed E-state index contributed by atoms with van der Waals surface area (Å²) >= 11 is 0. The van der Waals surface area contributed by atoms with Crippen molar-refractivity contribution in [2.24, 2.45) is 5.92 Å². The summed E-state index contributed by atoms with van der Waals surface area (Å²) in [6, 6.07) is 0.0555. The van der Waals surface area contributed by atoms with Crippen molar-refractivity contribution in [2.75, 3.05) is 32.7 Å². The van der Waals surface area contributed by atoms with Crippen LogP contribution in [0.3, 0.4) is 0 Å². The van der Waals surface area contributed by atoms with Crippen LogP contribution in [-0.4, -0.2) is 54.9 Å². The number of urea groups is 1. The zero-order valence-corrected chi connectivity index (χ0v) is 10.3. The standard InChI is InChI=1S/C12H23N3O2/c16-11-3-1-2-10(8-11)9-13-4-6-15-7-5-14-12(15)17/h10-11,13,16H,1-9H2,(H,14,17). The first kappa shape index (κ1) is 12.6. The largest absolute Gasteiger partial charge is 0.393 e. The Bertz CT molecular complexity index is 260. The van der Waals surface area contributed by atoms with Crippen molar-refractivity contribution in [2.45, 2.75) is 31.8 Å². The van der Waals surface area contributed by atoms with Crippen LogP contribution in [0.4, 0.5) is 4.79 Å². The number of carbonyl (C=O) groups is 1. The Morgan fingerprint density at radius 1 is 1.47 bits per heavy atom. The third-order valence-electron chi connectivity index (χ3n) is 3.69. The van der Waals surface area contributed by atoms with Gasteiger partial charge in [0.2, 0.25) is 0 Å². The summed E-state index contributed by atoms with van der Waals surface area (Å²) in [4.78, 5) is 13.1. The van der Waals surface area contributed by atoms with Crippen LogP contribution < -0.4 is 10.6 Å². The lowest BCUT2D eigenvalue weighted by Gasteiger charge is -2.26. The van der Waals surface area contributed by atoms with E-state index in [9.17, 15) is 9.90 Å². The topological polar surface area (TPSA) is 64.6 Å². The lowest BCUT2D eigenvalue weighted by Crippen LogP contribution is -2.37. The molecular formula is C12H23N3O2. The first-order chi connectivity index (χ1) is 8.25. The van der Waals surface area contributed by atoms with E-state index < -0.39 is 0 Å². The molecule has 2 atom stereocenters. The maximum atomic E-state index is 11.3. The fourth-order valence-electron chi connectivity index (χ4n) is 2.69. The number of hydrogen-bond donors (Lipinski definition) is 3. The van der Waals surface area contributed by atoms with E-state index in [0.29, 0.717) is 5.92 Å². The fourth-order valence-corrected chi connectivity index (χ4v) is 2.69. The highest BCUT2D eigenvalue weighted by Crippen LogP contribution is 2.23. The number of aliphatic hydroxyl groups excluding tert-OH is 1. The molecule has 1 heterocycles. The molecule has 0 spiro atoms. The lowest BCUT2D eigenvalue weighted by atomic mass is 9.87. The molecule has 5 heteroatoms. The molecule has 5 nitrogen and oxygen atoms in total. The van der Waals surface area contributed by atoms with Crippen molar-refractivity contribution < 1.29 is 9.90 Å². The lowest BCUT2D eigenvalue weighted by molar-refractivity contribution is 0.101. The Labute approximate surface area is 103 Å². The molecule has 0 aromatic carbocycles. The van der Waals surface area contributed by atoms with Crippen LogP contribution in [0, 0.1) is 5.92 Å². The molecule has 2 unspecified atom stereocenters. The van der Waals surface area contributed by atoms with Crippen LogP contribution in [0.2, 0.25) is 0 Å². The Hall–Kier alpha value is -0.810. The van der Waals surface area contributed by atoms with Crippen LogP contribution in [0.25, 0.3) is 0 Å². The number of hydrogen-bond acceptors (Lipinski definition) is 3. The number of nitrogens with zero attached hydrogens (tertiary/aromatic N) is 1. The molecule has 1 aliphatic heterocycles. The molecule has 3 N–H and O–H groups in total. The van der Waals surface area contributed by atoms with Crippen LogP contribution in [-0.2, 0) is 0 Å². The van der Waals surface area contributed by atoms with E-state index in [2.05, 4.69) is 10.6 Å². The van der Waals surface area contributed by atoms with Gasteiger partial charge in [-0.3, -0.25) is 0 Å². The minimum absolute atomic E-state index is 0.0555. The summed E-state index contributed by atoms with van der Waals surface area (Å²) in [5.74, 6) is 0.603. The molecule has 1 aliphatic carbocycles. The molecule has 2 amide bonds. The predicted molar refractivity (Wildman–Crippen MR) is 65.8 cm³/mol. The highest BCUT2D eigenvalue weighted by atomic mass is 16.3. The average Bonchev–Trinajstić information content (AvgIpc) is 2.71. The molecule has 98 valence electrons. The molecular weight excluding hydrogens is 218 g/mol. The van der Waals surface area contributed by atoms with Crippen LogP contribution in [0.5, 0.6) is 0 Å². The van der Waals surface area contributed by atoms with Gasteiger partial charge >= 0.3 is 6.03 Å². The summed E-state index contributed by atoms with van der Waals surface area (Å²) in [5.41, 5.74) is 0. The molecule has 0 aromatic heterocycles. The smallest absolute Gasteiger partial charge is 0.317 e. The van der Waals surface area contributed by atoms with Gasteiger partial charge in [-0.25, -0.2) is 4.79 Å². The van der Waals surface area contributed by atoms with Crippen LogP contribution >= 0.6 is 0 Å². The number of aliphatic hydroxyl groups is 1. The van der Waals surface area contributed by atoms with Gasteiger partial charge in [-0.05, 0) is 31.7 Å². The van der Waals surface area contributed by atoms with Gasteiger partial charge in [-0.2, -0.15) is 0 Å². The average molecular weight is 241 g/mol. The Morgan fingerprint density at radius 2 is 2.35 bits per heavy atom. The quantitative estimate of drug-likeness (QED) is 0.600. The van der Waals surface area contributed by atoms with E-state index in [4.69, 9.17) is 0 Å². The number of amides is 2. The zero-order chi connectivity index (χ0) is 12.1. The maximum absolute atomic E-state index is 11.3. The minimum Gasteiger partial charge on any atom is -0.393 e. The summed E-state index contributed by atoms with van der Waals surface area (Å²) < 4.78 is 0. The molecule has 0 aromatic rings. The predicted octanol–water partition coefficient (Wildman–Crippen LogP) is 0.152. The third-order valence-corrected chi connectivity index (χ3v) is 3.69. The summed E-state index contributed by atoms with van der Waals surface area (Å²) in [5, 5.41) is 15.7. The number of rotatable bonds is 5. The van der Waals surface area contributed by atoms with Crippen molar-refractivity contribution in [3.05, 3.63) is 0 Å². The van der Waals surface area contributed by atoms with Crippen LogP contribution in [0.15, 0.2) is 0 Å². The first-order valence-electron chi connectivity index (χ1n) is 6.67. The minimum atomic E-state index is -0.0973. The van der Waals surface area contributed by atoms with E-state index in [-0.39, 0.29) is 12.1 Å². The number of nitrogens with one attached hydrogen (secondary N) is 2. The summed E-state index contributed by atoms with van der Waals surface area (Å²) in [7, 11) is 0. The third kappa shape index (κ3) is 3.85. The van der Waals surface area contributed by atoms with E-state index in [0.717, 1.165) is 52.0 Å². The summed E-state index contributed by atoms with van der Waals surface area (Å²) in [6.45, 7) is 4.18. The Morgan fingerprint density at radius 3 is 3.06 bits per heavy atom. The van der Waals surface area contributed by atoms with Crippen molar-refractivity contribution in [3.63, 3.8) is 0 Å². The first-order valence-corrected chi connectivity index (χ1v) is 6.67. The van der Waals surface area contributed by atoms with Gasteiger partial charge in [0, 0.05) is 26.2 Å². The van der Waals surface area contributed by atoms with Gasteiger partial charge in [0.05, 0.1) is 6.10 Å². The Balaban J connectivity index is 1.55. The highest BCUT2D eigenvalue weighted by Gasteiger charge is 2.20. The molecule has 2 rings (SSSR count). The maximum Gasteiger partial charge on any atom is 0.317 e. The monoisotopic (exact) mass is 241 g/mol. The molecule has 2 fully saturated rings. The van der Waals surface area contributed by atoms with Gasteiger partial charge in [-0.1, -0.05) is 6.42 Å². The molecule has 17 heavy (non-hydrogen) atoms. The fraction of sp³-hybridized carbons (Fsp3) is 0.917. The van der Waals surface area contributed by atoms with Gasteiger partial charge in [0.1, 0.15) is 0 Å². The van der Waals surface area contributed by atoms with E-state index in [1.807, 2.05) is 4.90 Å². The highest BCUT2D eigenvalue weighted by molar-refractivity contribution is 5.76. The van der Waals surface area contributed by atoms with Gasteiger partial charge in [0.25, 0.3) is 0 Å². The van der Waals surface area contributed by atoms with Crippen molar-refractivity contribution in [1.29, 1.82) is 0 Å². The van der Waals surface area contributed by atoms with E-state index >= 15 is 0 Å². The zero-order valence-electron chi connectivity index (χ0n) is 10.3. The van der Waals surface area contributed by atoms with Crippen molar-refractivity contribution >= 4 is 6.03 Å². The van der Waals surface area contributed by atoms with E-state index in [1.165, 1.54) is 6.42 Å². The SMILES string of the molecule is O=C1NCCN1CCNCC1CCCC(O)C1.